The molecule has 6 heteroatoms. The summed E-state index contributed by atoms with van der Waals surface area (Å²) in [7, 11) is 0. The summed E-state index contributed by atoms with van der Waals surface area (Å²) in [4.78, 5) is 16.6. The molecule has 3 rings (SSSR count). The number of carbonyl (C=O) groups is 1. The van der Waals surface area contributed by atoms with Crippen LogP contribution in [-0.2, 0) is 4.79 Å². The highest BCUT2D eigenvalue weighted by atomic mass is 16.5. The smallest absolute Gasteiger partial charge is 0.224 e. The lowest BCUT2D eigenvalue weighted by Gasteiger charge is -2.36. The molecule has 6 nitrogen and oxygen atoms in total. The van der Waals surface area contributed by atoms with E-state index >= 15 is 0 Å². The van der Waals surface area contributed by atoms with E-state index in [1.165, 1.54) is 11.3 Å². The summed E-state index contributed by atoms with van der Waals surface area (Å²) in [5.41, 5.74) is 2.50. The second-order valence-corrected chi connectivity index (χ2v) is 6.21. The Morgan fingerprint density at radius 3 is 2.67 bits per heavy atom. The molecule has 128 valence electrons. The maximum atomic E-state index is 12.3. The normalized spacial score (nSPS) is 14.8. The summed E-state index contributed by atoms with van der Waals surface area (Å²) in [6.07, 6.45) is 0.469. The van der Waals surface area contributed by atoms with Gasteiger partial charge in [0.1, 0.15) is 5.76 Å². The van der Waals surface area contributed by atoms with Gasteiger partial charge in [-0.25, -0.2) is 0 Å². The lowest BCUT2D eigenvalue weighted by Crippen LogP contribution is -2.49. The molecule has 0 atom stereocenters. The number of benzene rings is 1. The molecular formula is C18H24N4O2. The van der Waals surface area contributed by atoms with Gasteiger partial charge in [0.2, 0.25) is 5.91 Å². The fourth-order valence-corrected chi connectivity index (χ4v) is 2.94. The van der Waals surface area contributed by atoms with Crippen molar-refractivity contribution in [1.29, 1.82) is 0 Å². The summed E-state index contributed by atoms with van der Waals surface area (Å²) < 4.78 is 4.99. The van der Waals surface area contributed by atoms with Crippen LogP contribution in [0.2, 0.25) is 0 Å². The Bertz CT molecular complexity index is 690. The molecule has 0 unspecified atom stereocenters. The van der Waals surface area contributed by atoms with Gasteiger partial charge in [0.25, 0.3) is 0 Å². The van der Waals surface area contributed by atoms with Crippen LogP contribution in [0, 0.1) is 13.8 Å². The van der Waals surface area contributed by atoms with Gasteiger partial charge in [0.15, 0.2) is 5.82 Å². The van der Waals surface area contributed by atoms with Gasteiger partial charge >= 0.3 is 0 Å². The summed E-state index contributed by atoms with van der Waals surface area (Å²) in [5, 5.41) is 6.97. The molecule has 24 heavy (non-hydrogen) atoms. The SMILES string of the molecule is Cc1cccc(N2CCN(C(=O)CCNc3cc(C)on3)CC2)c1. The van der Waals surface area contributed by atoms with E-state index in [9.17, 15) is 4.79 Å². The summed E-state index contributed by atoms with van der Waals surface area (Å²) in [6.45, 7) is 7.83. The number of carbonyl (C=O) groups excluding carboxylic acids is 1. The van der Waals surface area contributed by atoms with Crippen molar-refractivity contribution in [3.05, 3.63) is 41.7 Å². The Morgan fingerprint density at radius 2 is 2.00 bits per heavy atom. The highest BCUT2D eigenvalue weighted by Crippen LogP contribution is 2.18. The average Bonchev–Trinajstić information content (AvgIpc) is 3.00. The number of nitrogens with one attached hydrogen (secondary N) is 1. The number of anilines is 2. The number of nitrogens with zero attached hydrogens (tertiary/aromatic N) is 3. The van der Waals surface area contributed by atoms with E-state index in [1.54, 1.807) is 0 Å². The van der Waals surface area contributed by atoms with Crippen molar-refractivity contribution in [3.8, 4) is 0 Å². The van der Waals surface area contributed by atoms with E-state index in [-0.39, 0.29) is 5.91 Å². The zero-order valence-electron chi connectivity index (χ0n) is 14.3. The van der Waals surface area contributed by atoms with Crippen LogP contribution in [0.1, 0.15) is 17.7 Å². The van der Waals surface area contributed by atoms with Crippen molar-refractivity contribution in [1.82, 2.24) is 10.1 Å². The van der Waals surface area contributed by atoms with Crippen molar-refractivity contribution in [2.24, 2.45) is 0 Å². The van der Waals surface area contributed by atoms with Crippen LogP contribution < -0.4 is 10.2 Å². The first kappa shape index (κ1) is 16.4. The minimum atomic E-state index is 0.187. The number of amides is 1. The zero-order valence-corrected chi connectivity index (χ0v) is 14.3. The number of aromatic nitrogens is 1. The third kappa shape index (κ3) is 4.07. The van der Waals surface area contributed by atoms with Gasteiger partial charge in [-0.05, 0) is 31.5 Å². The van der Waals surface area contributed by atoms with E-state index < -0.39 is 0 Å². The predicted octanol–water partition coefficient (Wildman–Crippen LogP) is 2.44. The van der Waals surface area contributed by atoms with Gasteiger partial charge in [-0.1, -0.05) is 17.3 Å². The molecule has 1 aromatic carbocycles. The van der Waals surface area contributed by atoms with Crippen molar-refractivity contribution in [2.75, 3.05) is 42.9 Å². The quantitative estimate of drug-likeness (QED) is 0.913. The Morgan fingerprint density at radius 1 is 1.21 bits per heavy atom. The third-order valence-corrected chi connectivity index (χ3v) is 4.27. The van der Waals surface area contributed by atoms with Crippen molar-refractivity contribution in [2.45, 2.75) is 20.3 Å². The van der Waals surface area contributed by atoms with Gasteiger partial charge in [-0.15, -0.1) is 0 Å². The molecule has 1 aromatic heterocycles. The maximum absolute atomic E-state index is 12.3. The Balaban J connectivity index is 1.43. The van der Waals surface area contributed by atoms with Crippen molar-refractivity contribution >= 4 is 17.4 Å². The summed E-state index contributed by atoms with van der Waals surface area (Å²) in [5.74, 6) is 1.63. The van der Waals surface area contributed by atoms with Crippen LogP contribution in [0.3, 0.4) is 0 Å². The van der Waals surface area contributed by atoms with Crippen LogP contribution >= 0.6 is 0 Å². The molecule has 1 aliphatic heterocycles. The number of aryl methyl sites for hydroxylation is 2. The van der Waals surface area contributed by atoms with Gasteiger partial charge in [0, 0.05) is 50.9 Å². The first-order valence-corrected chi connectivity index (χ1v) is 8.38. The van der Waals surface area contributed by atoms with E-state index in [4.69, 9.17) is 4.52 Å². The Kier molecular flexibility index (Phi) is 5.03. The van der Waals surface area contributed by atoms with Gasteiger partial charge < -0.3 is 19.6 Å². The monoisotopic (exact) mass is 328 g/mol. The fraction of sp³-hybridized carbons (Fsp3) is 0.444. The molecule has 0 spiro atoms. The van der Waals surface area contributed by atoms with Crippen molar-refractivity contribution < 1.29 is 9.32 Å². The van der Waals surface area contributed by atoms with Crippen LogP contribution in [0.5, 0.6) is 0 Å². The molecule has 2 heterocycles. The van der Waals surface area contributed by atoms with E-state index in [2.05, 4.69) is 46.6 Å². The highest BCUT2D eigenvalue weighted by Gasteiger charge is 2.21. The molecule has 1 amide bonds. The number of hydrogen-bond donors (Lipinski definition) is 1. The summed E-state index contributed by atoms with van der Waals surface area (Å²) in [6, 6.07) is 10.3. The molecule has 1 N–H and O–H groups in total. The number of piperazine rings is 1. The molecule has 0 bridgehead atoms. The second-order valence-electron chi connectivity index (χ2n) is 6.21. The van der Waals surface area contributed by atoms with E-state index in [1.807, 2.05) is 17.9 Å². The summed E-state index contributed by atoms with van der Waals surface area (Å²) >= 11 is 0. The van der Waals surface area contributed by atoms with Crippen LogP contribution in [0.25, 0.3) is 0 Å². The third-order valence-electron chi connectivity index (χ3n) is 4.27. The topological polar surface area (TPSA) is 61.6 Å². The second kappa shape index (κ2) is 7.38. The minimum Gasteiger partial charge on any atom is -0.368 e. The van der Waals surface area contributed by atoms with Crippen molar-refractivity contribution in [3.63, 3.8) is 0 Å². The molecule has 0 aliphatic carbocycles. The molecule has 2 aromatic rings. The fourth-order valence-electron chi connectivity index (χ4n) is 2.94. The average molecular weight is 328 g/mol. The van der Waals surface area contributed by atoms with Gasteiger partial charge in [0.05, 0.1) is 0 Å². The maximum Gasteiger partial charge on any atom is 0.224 e. The predicted molar refractivity (Wildman–Crippen MR) is 94.3 cm³/mol. The molecular weight excluding hydrogens is 304 g/mol. The minimum absolute atomic E-state index is 0.187. The lowest BCUT2D eigenvalue weighted by molar-refractivity contribution is -0.131. The number of hydrogen-bond acceptors (Lipinski definition) is 5. The van der Waals surface area contributed by atoms with E-state index in [0.29, 0.717) is 18.8 Å². The standard InChI is InChI=1S/C18H24N4O2/c1-14-4-3-5-16(12-14)21-8-10-22(11-9-21)18(23)6-7-19-17-13-15(2)24-20-17/h3-5,12-13H,6-11H2,1-2H3,(H,19,20). The Labute approximate surface area is 142 Å². The molecule has 1 saturated heterocycles. The van der Waals surface area contributed by atoms with Crippen LogP contribution in [0.15, 0.2) is 34.9 Å². The van der Waals surface area contributed by atoms with Gasteiger partial charge in [-0.2, -0.15) is 0 Å². The zero-order chi connectivity index (χ0) is 16.9. The van der Waals surface area contributed by atoms with Crippen LogP contribution in [0.4, 0.5) is 11.5 Å². The molecule has 1 aliphatic rings. The highest BCUT2D eigenvalue weighted by molar-refractivity contribution is 5.77. The first-order chi connectivity index (χ1) is 11.6. The van der Waals surface area contributed by atoms with Gasteiger partial charge in [-0.3, -0.25) is 4.79 Å². The molecule has 1 fully saturated rings. The number of rotatable bonds is 5. The Hall–Kier alpha value is -2.50. The molecule has 0 radical (unpaired) electrons. The molecule has 0 saturated carbocycles. The lowest BCUT2D eigenvalue weighted by atomic mass is 10.2. The largest absolute Gasteiger partial charge is 0.368 e. The van der Waals surface area contributed by atoms with Crippen LogP contribution in [-0.4, -0.2) is 48.7 Å². The van der Waals surface area contributed by atoms with E-state index in [0.717, 1.165) is 31.9 Å². The first-order valence-electron chi connectivity index (χ1n) is 8.38.